The topological polar surface area (TPSA) is 0 Å². The monoisotopic (exact) mass is 356 g/mol. The van der Waals surface area contributed by atoms with Crippen LogP contribution in [-0.2, 0) is 0 Å². The predicted molar refractivity (Wildman–Crippen MR) is 104 cm³/mol. The smallest absolute Gasteiger partial charge is 0.117 e. The van der Waals surface area contributed by atoms with Crippen LogP contribution in [-0.4, -0.2) is 47.1 Å². The van der Waals surface area contributed by atoms with Crippen molar-refractivity contribution >= 4 is 139 Å². The van der Waals surface area contributed by atoms with Gasteiger partial charge >= 0.3 is 0 Å². The van der Waals surface area contributed by atoms with Crippen LogP contribution in [0.3, 0.4) is 0 Å². The highest BCUT2D eigenvalue weighted by Gasteiger charge is 2.19. The molecular weight excluding hydrogens is 356 g/mol. The summed E-state index contributed by atoms with van der Waals surface area (Å²) in [7, 11) is 36.1. The van der Waals surface area contributed by atoms with Crippen LogP contribution in [0.2, 0.25) is 5.02 Å². The molecule has 0 bridgehead atoms. The maximum absolute atomic E-state index is 6.28. The van der Waals surface area contributed by atoms with Crippen molar-refractivity contribution in [2.24, 2.45) is 0 Å². The van der Waals surface area contributed by atoms with E-state index in [9.17, 15) is 0 Å². The maximum atomic E-state index is 6.28. The van der Waals surface area contributed by atoms with Crippen LogP contribution in [0.15, 0.2) is 4.47 Å². The molecule has 2 aromatic carbocycles. The first-order valence-corrected chi connectivity index (χ1v) is 7.76. The highest BCUT2D eigenvalue weighted by atomic mass is 79.9. The summed E-state index contributed by atoms with van der Waals surface area (Å²) in [4.78, 5) is 0. The summed E-state index contributed by atoms with van der Waals surface area (Å²) in [5, 5.41) is 1.63. The second-order valence-corrected chi connectivity index (χ2v) is 6.81. The van der Waals surface area contributed by atoms with E-state index in [2.05, 4.69) is 15.9 Å². The van der Waals surface area contributed by atoms with Crippen LogP contribution < -0.4 is 32.8 Å². The van der Waals surface area contributed by atoms with Crippen LogP contribution in [0.25, 0.3) is 20.2 Å². The normalized spacial score (nSPS) is 11.5. The van der Waals surface area contributed by atoms with E-state index in [0.717, 1.165) is 4.70 Å². The van der Waals surface area contributed by atoms with Crippen molar-refractivity contribution in [2.45, 2.75) is 0 Å². The number of fused-ring (bicyclic) bond motifs is 3. The molecule has 12 radical (unpaired) electrons. The third-order valence-corrected chi connectivity index (χ3v) is 6.07. The van der Waals surface area contributed by atoms with Crippen molar-refractivity contribution in [1.82, 2.24) is 0 Å². The van der Waals surface area contributed by atoms with E-state index in [1.807, 2.05) is 0 Å². The van der Waals surface area contributed by atoms with Gasteiger partial charge in [-0.1, -0.05) is 54.8 Å². The van der Waals surface area contributed by atoms with E-state index in [0.29, 0.717) is 46.8 Å². The fourth-order valence-corrected chi connectivity index (χ4v) is 4.41. The molecular formula is C12B6BrClS. The SMILES string of the molecule is [B]c1c([B])c([B])c2c(sc3c([B])c(Br)c([B])c([B])c32)c1Cl. The van der Waals surface area contributed by atoms with Gasteiger partial charge in [0, 0.05) is 9.17 Å². The van der Waals surface area contributed by atoms with Gasteiger partial charge in [0.2, 0.25) is 0 Å². The zero-order chi connectivity index (χ0) is 15.6. The summed E-state index contributed by atoms with van der Waals surface area (Å²) in [5.41, 5.74) is 2.01. The molecule has 0 amide bonds. The molecule has 0 aliphatic heterocycles. The van der Waals surface area contributed by atoms with E-state index < -0.39 is 0 Å². The summed E-state index contributed by atoms with van der Waals surface area (Å²) < 4.78 is 1.98. The summed E-state index contributed by atoms with van der Waals surface area (Å²) in [6, 6.07) is 0. The average molecular weight is 356 g/mol. The van der Waals surface area contributed by atoms with Gasteiger partial charge in [-0.3, -0.25) is 0 Å². The van der Waals surface area contributed by atoms with E-state index >= 15 is 0 Å². The molecule has 9 heteroatoms. The van der Waals surface area contributed by atoms with E-state index in [1.54, 1.807) is 0 Å². The lowest BCUT2D eigenvalue weighted by atomic mass is 9.69. The number of hydrogen-bond donors (Lipinski definition) is 0. The first kappa shape index (κ1) is 15.7. The third-order valence-electron chi connectivity index (χ3n) is 3.47. The Morgan fingerprint density at radius 3 is 1.81 bits per heavy atom. The Morgan fingerprint density at radius 1 is 0.667 bits per heavy atom. The highest BCUT2D eigenvalue weighted by molar-refractivity contribution is 9.10. The Labute approximate surface area is 148 Å². The number of thiophene rings is 1. The van der Waals surface area contributed by atoms with Gasteiger partial charge in [-0.15, -0.1) is 16.8 Å². The Hall–Kier alpha value is -0.180. The molecule has 0 unspecified atom stereocenters. The van der Waals surface area contributed by atoms with Crippen LogP contribution in [0.1, 0.15) is 0 Å². The molecule has 3 rings (SSSR count). The molecule has 0 saturated carbocycles. The lowest BCUT2D eigenvalue weighted by Crippen LogP contribution is -2.40. The Balaban J connectivity index is 2.73. The largest absolute Gasteiger partial charge is 0.134 e. The average Bonchev–Trinajstić information content (AvgIpc) is 2.87. The lowest BCUT2D eigenvalue weighted by molar-refractivity contribution is 1.99. The van der Waals surface area contributed by atoms with Gasteiger partial charge < -0.3 is 0 Å². The zero-order valence-corrected chi connectivity index (χ0v) is 13.8. The van der Waals surface area contributed by atoms with Gasteiger partial charge in [-0.05, 0) is 10.8 Å². The van der Waals surface area contributed by atoms with Gasteiger partial charge in [0.1, 0.15) is 47.1 Å². The number of rotatable bonds is 0. The van der Waals surface area contributed by atoms with Gasteiger partial charge in [0.05, 0.1) is 9.72 Å². The predicted octanol–water partition coefficient (Wildman–Crippen LogP) is -1.77. The summed E-state index contributed by atoms with van der Waals surface area (Å²) in [6.07, 6.45) is 0. The number of hydrogen-bond acceptors (Lipinski definition) is 1. The van der Waals surface area contributed by atoms with E-state index in [1.165, 1.54) is 11.3 Å². The molecule has 0 spiro atoms. The van der Waals surface area contributed by atoms with Crippen molar-refractivity contribution in [3.05, 3.63) is 9.50 Å². The second-order valence-electron chi connectivity index (χ2n) is 4.62. The molecule has 0 aliphatic rings. The van der Waals surface area contributed by atoms with Crippen molar-refractivity contribution in [2.75, 3.05) is 0 Å². The molecule has 1 aromatic heterocycles. The Kier molecular flexibility index (Phi) is 3.87. The molecule has 0 fully saturated rings. The van der Waals surface area contributed by atoms with Crippen molar-refractivity contribution in [3.8, 4) is 0 Å². The van der Waals surface area contributed by atoms with Crippen LogP contribution in [0, 0.1) is 0 Å². The van der Waals surface area contributed by atoms with Crippen molar-refractivity contribution < 1.29 is 0 Å². The Morgan fingerprint density at radius 2 is 1.19 bits per heavy atom. The maximum Gasteiger partial charge on any atom is 0.117 e. The van der Waals surface area contributed by atoms with E-state index in [-0.39, 0.29) is 10.9 Å². The van der Waals surface area contributed by atoms with Crippen molar-refractivity contribution in [3.63, 3.8) is 0 Å². The first-order valence-electron chi connectivity index (χ1n) is 5.77. The van der Waals surface area contributed by atoms with Gasteiger partial charge in [-0.25, -0.2) is 0 Å². The van der Waals surface area contributed by atoms with Crippen molar-refractivity contribution in [1.29, 1.82) is 0 Å². The van der Waals surface area contributed by atoms with Gasteiger partial charge in [-0.2, -0.15) is 0 Å². The molecule has 0 atom stereocenters. The lowest BCUT2D eigenvalue weighted by Gasteiger charge is -2.14. The highest BCUT2D eigenvalue weighted by Crippen LogP contribution is 2.34. The van der Waals surface area contributed by atoms with E-state index in [4.69, 9.17) is 58.7 Å². The zero-order valence-electron chi connectivity index (χ0n) is 10.6. The minimum absolute atomic E-state index is 0.228. The molecule has 1 heterocycles. The summed E-state index contributed by atoms with van der Waals surface area (Å²) in [5.74, 6) is 0. The molecule has 21 heavy (non-hydrogen) atoms. The molecule has 0 saturated heterocycles. The summed E-state index contributed by atoms with van der Waals surface area (Å²) in [6.45, 7) is 0. The summed E-state index contributed by atoms with van der Waals surface area (Å²) >= 11 is 11.0. The first-order chi connectivity index (χ1) is 9.77. The molecule has 0 N–H and O–H groups in total. The molecule has 0 aliphatic carbocycles. The number of halogens is 2. The molecule has 86 valence electrons. The van der Waals surface area contributed by atoms with Crippen LogP contribution in [0.5, 0.6) is 0 Å². The van der Waals surface area contributed by atoms with Gasteiger partial charge in [0.25, 0.3) is 0 Å². The Bertz CT molecular complexity index is 861. The fraction of sp³-hybridized carbons (Fsp3) is 0. The second kappa shape index (κ2) is 5.18. The third kappa shape index (κ3) is 2.02. The van der Waals surface area contributed by atoms with Gasteiger partial charge in [0.15, 0.2) is 0 Å². The molecule has 3 aromatic rings. The fourth-order valence-electron chi connectivity index (χ4n) is 2.31. The van der Waals surface area contributed by atoms with Crippen LogP contribution >= 0.6 is 38.9 Å². The standard InChI is InChI=1S/C12B6BrClS/c13-3-2-1-4(14)6(16)9(19)8(18)11(1)21-12(2)10(20)7(17)5(3)15. The minimum Gasteiger partial charge on any atom is -0.134 e. The number of benzene rings is 2. The minimum atomic E-state index is 0.228. The molecule has 0 nitrogen and oxygen atoms in total. The van der Waals surface area contributed by atoms with Crippen LogP contribution in [0.4, 0.5) is 0 Å². The quantitative estimate of drug-likeness (QED) is 0.419.